The zero-order valence-electron chi connectivity index (χ0n) is 12.9. The zero-order valence-corrected chi connectivity index (χ0v) is 16.1. The standard InChI is InChI=1S/C14H14Cl2N2O5S2/c1-2-24(20,21)13-4-3-9(14(19)18-13)8-17-25(22,23)12-6-10(15)5-11(16)7-12/h3-7,17H,2,8H2,1H3,(H,18,19). The molecule has 1 heterocycles. The normalized spacial score (nSPS) is 12.3. The van der Waals surface area contributed by atoms with E-state index in [2.05, 4.69) is 9.71 Å². The third-order valence-electron chi connectivity index (χ3n) is 3.28. The van der Waals surface area contributed by atoms with Crippen molar-refractivity contribution in [2.45, 2.75) is 23.4 Å². The first kappa shape index (κ1) is 19.9. The lowest BCUT2D eigenvalue weighted by atomic mass is 10.3. The van der Waals surface area contributed by atoms with E-state index in [9.17, 15) is 21.6 Å². The molecule has 7 nitrogen and oxygen atoms in total. The van der Waals surface area contributed by atoms with E-state index in [1.165, 1.54) is 37.3 Å². The number of sulfonamides is 1. The highest BCUT2D eigenvalue weighted by Crippen LogP contribution is 2.22. The SMILES string of the molecule is CCS(=O)(=O)c1ccc(CNS(=O)(=O)c2cc(Cl)cc(Cl)c2)c(=O)[nH]1. The van der Waals surface area contributed by atoms with E-state index in [0.29, 0.717) is 0 Å². The van der Waals surface area contributed by atoms with Crippen LogP contribution in [0.3, 0.4) is 0 Å². The Morgan fingerprint density at radius 3 is 2.16 bits per heavy atom. The maximum atomic E-state index is 12.3. The van der Waals surface area contributed by atoms with E-state index >= 15 is 0 Å². The van der Waals surface area contributed by atoms with Crippen molar-refractivity contribution in [1.82, 2.24) is 9.71 Å². The molecule has 1 aromatic carbocycles. The number of H-pyrrole nitrogens is 1. The molecule has 0 atom stereocenters. The summed E-state index contributed by atoms with van der Waals surface area (Å²) in [5, 5.41) is 0.0907. The van der Waals surface area contributed by atoms with Crippen LogP contribution in [0.15, 0.2) is 45.0 Å². The summed E-state index contributed by atoms with van der Waals surface area (Å²) < 4.78 is 50.2. The van der Waals surface area contributed by atoms with E-state index < -0.39 is 25.4 Å². The monoisotopic (exact) mass is 424 g/mol. The molecule has 2 aromatic rings. The third kappa shape index (κ3) is 4.83. The number of rotatable bonds is 6. The molecular weight excluding hydrogens is 411 g/mol. The van der Waals surface area contributed by atoms with Crippen LogP contribution in [-0.4, -0.2) is 27.6 Å². The molecule has 25 heavy (non-hydrogen) atoms. The second kappa shape index (κ2) is 7.46. The Kier molecular flexibility index (Phi) is 5.95. The molecule has 0 bridgehead atoms. The van der Waals surface area contributed by atoms with Gasteiger partial charge in [0.1, 0.15) is 5.03 Å². The van der Waals surface area contributed by atoms with Crippen LogP contribution in [0.4, 0.5) is 0 Å². The molecule has 0 aliphatic heterocycles. The van der Waals surface area contributed by atoms with Crippen molar-refractivity contribution < 1.29 is 16.8 Å². The Morgan fingerprint density at radius 1 is 1.04 bits per heavy atom. The van der Waals surface area contributed by atoms with E-state index in [1.54, 1.807) is 0 Å². The van der Waals surface area contributed by atoms with Gasteiger partial charge in [-0.15, -0.1) is 0 Å². The van der Waals surface area contributed by atoms with Crippen molar-refractivity contribution in [3.8, 4) is 0 Å². The van der Waals surface area contributed by atoms with E-state index in [-0.39, 0.29) is 37.8 Å². The van der Waals surface area contributed by atoms with Crippen molar-refractivity contribution >= 4 is 43.1 Å². The van der Waals surface area contributed by atoms with E-state index in [1.807, 2.05) is 0 Å². The number of aromatic amines is 1. The average molecular weight is 425 g/mol. The number of hydrogen-bond donors (Lipinski definition) is 2. The van der Waals surface area contributed by atoms with Gasteiger partial charge in [-0.25, -0.2) is 21.6 Å². The number of pyridine rings is 1. The van der Waals surface area contributed by atoms with Crippen molar-refractivity contribution in [3.63, 3.8) is 0 Å². The molecule has 2 rings (SSSR count). The van der Waals surface area contributed by atoms with Gasteiger partial charge in [0.2, 0.25) is 10.0 Å². The lowest BCUT2D eigenvalue weighted by molar-refractivity contribution is 0.580. The molecular formula is C14H14Cl2N2O5S2. The van der Waals surface area contributed by atoms with Crippen molar-refractivity contribution in [1.29, 1.82) is 0 Å². The van der Waals surface area contributed by atoms with Crippen LogP contribution in [0.2, 0.25) is 10.0 Å². The topological polar surface area (TPSA) is 113 Å². The molecule has 0 saturated carbocycles. The van der Waals surface area contributed by atoms with Crippen molar-refractivity contribution in [2.24, 2.45) is 0 Å². The lowest BCUT2D eigenvalue weighted by Gasteiger charge is -2.08. The molecule has 0 fully saturated rings. The average Bonchev–Trinajstić information content (AvgIpc) is 2.52. The first-order chi connectivity index (χ1) is 11.5. The molecule has 11 heteroatoms. The molecule has 0 aliphatic carbocycles. The first-order valence-electron chi connectivity index (χ1n) is 6.96. The summed E-state index contributed by atoms with van der Waals surface area (Å²) in [4.78, 5) is 14.1. The molecule has 0 saturated heterocycles. The number of halogens is 2. The molecule has 0 radical (unpaired) electrons. The molecule has 0 aliphatic rings. The minimum Gasteiger partial charge on any atom is -0.313 e. The number of sulfone groups is 1. The number of hydrogen-bond acceptors (Lipinski definition) is 5. The fourth-order valence-electron chi connectivity index (χ4n) is 1.90. The molecule has 1 aromatic heterocycles. The maximum Gasteiger partial charge on any atom is 0.253 e. The van der Waals surface area contributed by atoms with E-state index in [0.717, 1.165) is 0 Å². The van der Waals surface area contributed by atoms with Gasteiger partial charge in [-0.2, -0.15) is 0 Å². The van der Waals surface area contributed by atoms with Crippen molar-refractivity contribution in [2.75, 3.05) is 5.75 Å². The number of aromatic nitrogens is 1. The zero-order chi connectivity index (χ0) is 18.8. The second-order valence-electron chi connectivity index (χ2n) is 5.01. The lowest BCUT2D eigenvalue weighted by Crippen LogP contribution is -2.27. The van der Waals surface area contributed by atoms with Crippen LogP contribution in [0.1, 0.15) is 12.5 Å². The quantitative estimate of drug-likeness (QED) is 0.735. The van der Waals surface area contributed by atoms with Gasteiger partial charge in [-0.3, -0.25) is 4.79 Å². The predicted molar refractivity (Wildman–Crippen MR) is 95.3 cm³/mol. The predicted octanol–water partition coefficient (Wildman–Crippen LogP) is 1.95. The molecule has 0 spiro atoms. The summed E-state index contributed by atoms with van der Waals surface area (Å²) in [5.41, 5.74) is -0.631. The molecule has 0 unspecified atom stereocenters. The van der Waals surface area contributed by atoms with E-state index in [4.69, 9.17) is 23.2 Å². The van der Waals surface area contributed by atoms with Gasteiger partial charge in [0.15, 0.2) is 9.84 Å². The Hall–Kier alpha value is -1.39. The van der Waals surface area contributed by atoms with Gasteiger partial charge in [-0.05, 0) is 30.3 Å². The maximum absolute atomic E-state index is 12.3. The van der Waals surface area contributed by atoms with Gasteiger partial charge in [0.05, 0.1) is 10.6 Å². The fourth-order valence-corrected chi connectivity index (χ4v) is 4.47. The van der Waals surface area contributed by atoms with Crippen LogP contribution < -0.4 is 10.3 Å². The molecule has 0 amide bonds. The largest absolute Gasteiger partial charge is 0.313 e. The smallest absolute Gasteiger partial charge is 0.253 e. The Labute approximate surface area is 155 Å². The number of nitrogens with one attached hydrogen (secondary N) is 2. The highest BCUT2D eigenvalue weighted by atomic mass is 35.5. The molecule has 2 N–H and O–H groups in total. The summed E-state index contributed by atoms with van der Waals surface area (Å²) in [6.07, 6.45) is 0. The summed E-state index contributed by atoms with van der Waals surface area (Å²) in [7, 11) is -7.51. The third-order valence-corrected chi connectivity index (χ3v) is 6.76. The second-order valence-corrected chi connectivity index (χ2v) is 9.90. The summed E-state index contributed by atoms with van der Waals surface area (Å²) in [6, 6.07) is 6.31. The van der Waals surface area contributed by atoms with Gasteiger partial charge < -0.3 is 4.98 Å². The summed E-state index contributed by atoms with van der Waals surface area (Å²) in [5.74, 6) is -0.162. The van der Waals surface area contributed by atoms with Crippen LogP contribution in [0.25, 0.3) is 0 Å². The number of benzene rings is 1. The highest BCUT2D eigenvalue weighted by molar-refractivity contribution is 7.91. The van der Waals surface area contributed by atoms with Crippen LogP contribution in [0, 0.1) is 0 Å². The fraction of sp³-hybridized carbons (Fsp3) is 0.214. The van der Waals surface area contributed by atoms with Gasteiger partial charge in [0, 0.05) is 22.2 Å². The Morgan fingerprint density at radius 2 is 1.64 bits per heavy atom. The molecule has 136 valence electrons. The van der Waals surface area contributed by atoms with Crippen LogP contribution in [0.5, 0.6) is 0 Å². The summed E-state index contributed by atoms with van der Waals surface area (Å²) >= 11 is 11.6. The van der Waals surface area contributed by atoms with Gasteiger partial charge in [0.25, 0.3) is 5.56 Å². The highest BCUT2D eigenvalue weighted by Gasteiger charge is 2.17. The van der Waals surface area contributed by atoms with Gasteiger partial charge >= 0.3 is 0 Å². The Balaban J connectivity index is 2.25. The van der Waals surface area contributed by atoms with Gasteiger partial charge in [-0.1, -0.05) is 30.1 Å². The Bertz CT molecular complexity index is 1040. The van der Waals surface area contributed by atoms with Crippen LogP contribution >= 0.6 is 23.2 Å². The van der Waals surface area contributed by atoms with Crippen molar-refractivity contribution in [3.05, 3.63) is 56.3 Å². The summed E-state index contributed by atoms with van der Waals surface area (Å²) in [6.45, 7) is 1.13. The van der Waals surface area contributed by atoms with Crippen LogP contribution in [-0.2, 0) is 26.4 Å². The first-order valence-corrected chi connectivity index (χ1v) is 10.8. The minimum absolute atomic E-state index is 0.0618. The minimum atomic E-state index is -3.95.